The summed E-state index contributed by atoms with van der Waals surface area (Å²) in [6, 6.07) is 2.02. The molecule has 0 radical (unpaired) electrons. The van der Waals surface area contributed by atoms with Crippen molar-refractivity contribution in [1.82, 2.24) is 9.88 Å². The van der Waals surface area contributed by atoms with Crippen LogP contribution < -0.4 is 10.5 Å². The van der Waals surface area contributed by atoms with E-state index in [0.29, 0.717) is 30.4 Å². The van der Waals surface area contributed by atoms with Crippen LogP contribution in [0.1, 0.15) is 36.0 Å². The summed E-state index contributed by atoms with van der Waals surface area (Å²) in [6.45, 7) is 1.07. The van der Waals surface area contributed by atoms with E-state index in [1.54, 1.807) is 25.6 Å². The van der Waals surface area contributed by atoms with Gasteiger partial charge in [-0.2, -0.15) is 0 Å². The van der Waals surface area contributed by atoms with Crippen molar-refractivity contribution in [2.24, 2.45) is 5.73 Å². The van der Waals surface area contributed by atoms with E-state index in [9.17, 15) is 4.79 Å². The Morgan fingerprint density at radius 2 is 2.26 bits per heavy atom. The van der Waals surface area contributed by atoms with Crippen LogP contribution in [0.4, 0.5) is 0 Å². The Bertz CT molecular complexity index is 430. The number of hydrogen-bond donors (Lipinski definition) is 1. The van der Waals surface area contributed by atoms with E-state index >= 15 is 0 Å². The van der Waals surface area contributed by atoms with Gasteiger partial charge in [0.2, 0.25) is 0 Å². The van der Waals surface area contributed by atoms with Crippen LogP contribution in [0.5, 0.6) is 5.75 Å². The van der Waals surface area contributed by atoms with Crippen molar-refractivity contribution < 1.29 is 9.53 Å². The number of nitrogens with zero attached hydrogens (tertiary/aromatic N) is 2. The molecule has 1 amide bonds. The van der Waals surface area contributed by atoms with Crippen molar-refractivity contribution in [2.45, 2.75) is 31.7 Å². The normalized spacial score (nSPS) is 15.5. The van der Waals surface area contributed by atoms with Gasteiger partial charge in [-0.1, -0.05) is 12.8 Å². The molecule has 5 heteroatoms. The molecule has 1 aromatic heterocycles. The van der Waals surface area contributed by atoms with Crippen LogP contribution >= 0.6 is 0 Å². The topological polar surface area (TPSA) is 68.5 Å². The molecule has 19 heavy (non-hydrogen) atoms. The molecular weight excluding hydrogens is 242 g/mol. The summed E-state index contributed by atoms with van der Waals surface area (Å²) in [5, 5.41) is 0. The number of hydrogen-bond acceptors (Lipinski definition) is 4. The van der Waals surface area contributed by atoms with Crippen LogP contribution in [-0.4, -0.2) is 42.0 Å². The third-order valence-electron chi connectivity index (χ3n) is 3.63. The van der Waals surface area contributed by atoms with Gasteiger partial charge >= 0.3 is 0 Å². The average molecular weight is 263 g/mol. The van der Waals surface area contributed by atoms with Gasteiger partial charge in [-0.15, -0.1) is 0 Å². The molecule has 0 aliphatic heterocycles. The largest absolute Gasteiger partial charge is 0.494 e. The number of ether oxygens (including phenoxy) is 1. The quantitative estimate of drug-likeness (QED) is 0.872. The van der Waals surface area contributed by atoms with Crippen LogP contribution in [-0.2, 0) is 0 Å². The number of nitrogens with two attached hydrogens (primary N) is 1. The number of pyridine rings is 1. The minimum absolute atomic E-state index is 0.00315. The lowest BCUT2D eigenvalue weighted by Gasteiger charge is -2.29. The molecule has 0 spiro atoms. The highest BCUT2D eigenvalue weighted by Crippen LogP contribution is 2.26. The summed E-state index contributed by atoms with van der Waals surface area (Å²) < 4.78 is 5.22. The molecule has 0 saturated heterocycles. The summed E-state index contributed by atoms with van der Waals surface area (Å²) in [5.41, 5.74) is 6.21. The minimum atomic E-state index is -0.00315. The van der Waals surface area contributed by atoms with Crippen molar-refractivity contribution in [3.8, 4) is 5.75 Å². The van der Waals surface area contributed by atoms with E-state index in [1.165, 1.54) is 12.8 Å². The fourth-order valence-corrected chi connectivity index (χ4v) is 2.68. The highest BCUT2D eigenvalue weighted by molar-refractivity contribution is 5.97. The van der Waals surface area contributed by atoms with E-state index in [2.05, 4.69) is 4.98 Å². The molecular formula is C14H21N3O2. The summed E-state index contributed by atoms with van der Waals surface area (Å²) in [5.74, 6) is 0.518. The lowest BCUT2D eigenvalue weighted by atomic mass is 10.1. The molecule has 2 N–H and O–H groups in total. The Labute approximate surface area is 113 Å². The van der Waals surface area contributed by atoms with Gasteiger partial charge in [0.05, 0.1) is 18.9 Å². The maximum atomic E-state index is 12.7. The zero-order chi connectivity index (χ0) is 13.7. The Balaban J connectivity index is 2.22. The van der Waals surface area contributed by atoms with Gasteiger partial charge in [0.1, 0.15) is 5.75 Å². The fourth-order valence-electron chi connectivity index (χ4n) is 2.68. The van der Waals surface area contributed by atoms with Crippen molar-refractivity contribution >= 4 is 5.91 Å². The van der Waals surface area contributed by atoms with Crippen LogP contribution in [0, 0.1) is 0 Å². The molecule has 5 nitrogen and oxygen atoms in total. The molecule has 1 aliphatic carbocycles. The van der Waals surface area contributed by atoms with Crippen LogP contribution in [0.15, 0.2) is 18.5 Å². The highest BCUT2D eigenvalue weighted by Gasteiger charge is 2.28. The molecule has 1 saturated carbocycles. The Morgan fingerprint density at radius 3 is 2.89 bits per heavy atom. The number of amides is 1. The summed E-state index contributed by atoms with van der Waals surface area (Å²) in [4.78, 5) is 18.5. The maximum absolute atomic E-state index is 12.7. The molecule has 0 atom stereocenters. The number of carbonyl (C=O) groups excluding carboxylic acids is 1. The first-order chi connectivity index (χ1) is 9.27. The predicted molar refractivity (Wildman–Crippen MR) is 73.1 cm³/mol. The van der Waals surface area contributed by atoms with Crippen molar-refractivity contribution in [1.29, 1.82) is 0 Å². The molecule has 2 rings (SSSR count). The third kappa shape index (κ3) is 3.04. The minimum Gasteiger partial charge on any atom is -0.494 e. The van der Waals surface area contributed by atoms with E-state index in [4.69, 9.17) is 10.5 Å². The Kier molecular flexibility index (Phi) is 4.74. The standard InChI is InChI=1S/C14H21N3O2/c1-19-13-10-16-8-6-12(13)14(18)17(9-7-15)11-4-2-3-5-11/h6,8,10-11H,2-5,7,9,15H2,1H3. The summed E-state index contributed by atoms with van der Waals surface area (Å²) in [6.07, 6.45) is 7.70. The lowest BCUT2D eigenvalue weighted by Crippen LogP contribution is -2.42. The van der Waals surface area contributed by atoms with Gasteiger partial charge in [-0.3, -0.25) is 9.78 Å². The van der Waals surface area contributed by atoms with Crippen molar-refractivity contribution in [3.05, 3.63) is 24.0 Å². The van der Waals surface area contributed by atoms with Gasteiger partial charge in [0, 0.05) is 25.3 Å². The number of aromatic nitrogens is 1. The molecule has 0 aromatic carbocycles. The highest BCUT2D eigenvalue weighted by atomic mass is 16.5. The zero-order valence-corrected chi connectivity index (χ0v) is 11.3. The van der Waals surface area contributed by atoms with E-state index in [0.717, 1.165) is 12.8 Å². The zero-order valence-electron chi connectivity index (χ0n) is 11.3. The van der Waals surface area contributed by atoms with Crippen LogP contribution in [0.2, 0.25) is 0 Å². The van der Waals surface area contributed by atoms with E-state index in [-0.39, 0.29) is 5.91 Å². The summed E-state index contributed by atoms with van der Waals surface area (Å²) >= 11 is 0. The average Bonchev–Trinajstić information content (AvgIpc) is 2.98. The molecule has 1 aromatic rings. The van der Waals surface area contributed by atoms with Crippen molar-refractivity contribution in [3.63, 3.8) is 0 Å². The second-order valence-electron chi connectivity index (χ2n) is 4.80. The van der Waals surface area contributed by atoms with Crippen molar-refractivity contribution in [2.75, 3.05) is 20.2 Å². The fraction of sp³-hybridized carbons (Fsp3) is 0.571. The number of rotatable bonds is 5. The maximum Gasteiger partial charge on any atom is 0.258 e. The van der Waals surface area contributed by atoms with Gasteiger partial charge in [0.25, 0.3) is 5.91 Å². The van der Waals surface area contributed by atoms with Gasteiger partial charge in [-0.05, 0) is 18.9 Å². The second kappa shape index (κ2) is 6.52. The molecule has 1 fully saturated rings. The molecule has 0 unspecified atom stereocenters. The van der Waals surface area contributed by atoms with Crippen LogP contribution in [0.3, 0.4) is 0 Å². The number of methoxy groups -OCH3 is 1. The van der Waals surface area contributed by atoms with Crippen LogP contribution in [0.25, 0.3) is 0 Å². The van der Waals surface area contributed by atoms with E-state index < -0.39 is 0 Å². The lowest BCUT2D eigenvalue weighted by molar-refractivity contribution is 0.0684. The second-order valence-corrected chi connectivity index (χ2v) is 4.80. The summed E-state index contributed by atoms with van der Waals surface area (Å²) in [7, 11) is 1.55. The smallest absolute Gasteiger partial charge is 0.258 e. The monoisotopic (exact) mass is 263 g/mol. The van der Waals surface area contributed by atoms with E-state index in [1.807, 2.05) is 4.90 Å². The number of carbonyl (C=O) groups is 1. The van der Waals surface area contributed by atoms with Gasteiger partial charge in [-0.25, -0.2) is 0 Å². The first kappa shape index (κ1) is 13.8. The molecule has 0 bridgehead atoms. The Hall–Kier alpha value is -1.62. The Morgan fingerprint density at radius 1 is 1.53 bits per heavy atom. The first-order valence-corrected chi connectivity index (χ1v) is 6.77. The first-order valence-electron chi connectivity index (χ1n) is 6.77. The predicted octanol–water partition coefficient (Wildman–Crippen LogP) is 1.43. The molecule has 1 aliphatic rings. The van der Waals surface area contributed by atoms with Gasteiger partial charge in [0.15, 0.2) is 0 Å². The third-order valence-corrected chi connectivity index (χ3v) is 3.63. The van der Waals surface area contributed by atoms with Gasteiger partial charge < -0.3 is 15.4 Å². The molecule has 104 valence electrons. The SMILES string of the molecule is COc1cnccc1C(=O)N(CCN)C1CCCC1. The molecule has 1 heterocycles.